The number of carbonyl (C=O) groups is 1. The Morgan fingerprint density at radius 2 is 1.94 bits per heavy atom. The number of aryl methyl sites for hydroxylation is 1. The quantitative estimate of drug-likeness (QED) is 0.342. The topological polar surface area (TPSA) is 67.8 Å². The fraction of sp³-hybridized carbons (Fsp3) is 0.375. The molecule has 2 aromatic carbocycles. The van der Waals surface area contributed by atoms with E-state index in [0.717, 1.165) is 71.0 Å². The number of ether oxygens (including phenoxy) is 2. The van der Waals surface area contributed by atoms with Crippen LogP contribution in [-0.2, 0) is 4.74 Å². The normalized spacial score (nSPS) is 14.3. The van der Waals surface area contributed by atoms with Crippen molar-refractivity contribution in [2.75, 3.05) is 51.4 Å². The number of hydrogen-bond donors (Lipinski definition) is 0. The average Bonchev–Trinajstić information content (AvgIpc) is 3.48. The van der Waals surface area contributed by atoms with Crippen molar-refractivity contribution in [3.63, 3.8) is 0 Å². The van der Waals surface area contributed by atoms with Crippen molar-refractivity contribution < 1.29 is 14.3 Å². The second kappa shape index (κ2) is 11.0. The van der Waals surface area contributed by atoms with Crippen molar-refractivity contribution in [3.05, 3.63) is 47.0 Å². The minimum absolute atomic E-state index is 0. The van der Waals surface area contributed by atoms with Gasteiger partial charge < -0.3 is 9.47 Å². The molecule has 7 nitrogen and oxygen atoms in total. The molecule has 1 fully saturated rings. The van der Waals surface area contributed by atoms with Crippen LogP contribution >= 0.6 is 35.1 Å². The molecule has 1 aliphatic rings. The summed E-state index contributed by atoms with van der Waals surface area (Å²) in [5.74, 6) is 0.618. The third kappa shape index (κ3) is 5.04. The number of methoxy groups -OCH3 is 1. The summed E-state index contributed by atoms with van der Waals surface area (Å²) in [7, 11) is 1.65. The first-order valence-electron chi connectivity index (χ1n) is 11.1. The van der Waals surface area contributed by atoms with E-state index in [2.05, 4.69) is 16.8 Å². The minimum Gasteiger partial charge on any atom is -0.494 e. The molecular weight excluding hydrogens is 492 g/mol. The van der Waals surface area contributed by atoms with Crippen molar-refractivity contribution in [3.8, 4) is 5.75 Å². The number of morpholine rings is 1. The number of halogens is 1. The molecule has 1 aliphatic heterocycles. The van der Waals surface area contributed by atoms with Crippen LogP contribution in [0.4, 0.5) is 5.13 Å². The largest absolute Gasteiger partial charge is 0.494 e. The van der Waals surface area contributed by atoms with Gasteiger partial charge in [0, 0.05) is 26.2 Å². The van der Waals surface area contributed by atoms with Crippen LogP contribution in [0.25, 0.3) is 20.4 Å². The van der Waals surface area contributed by atoms with Gasteiger partial charge in [-0.2, -0.15) is 0 Å². The zero-order chi connectivity index (χ0) is 22.8. The Hall–Kier alpha value is -2.30. The highest BCUT2D eigenvalue weighted by Crippen LogP contribution is 2.37. The number of carbonyl (C=O) groups excluding carboxylic acids is 1. The summed E-state index contributed by atoms with van der Waals surface area (Å²) in [4.78, 5) is 27.3. The van der Waals surface area contributed by atoms with E-state index >= 15 is 0 Å². The predicted octanol–water partition coefficient (Wildman–Crippen LogP) is 5.01. The number of para-hydroxylation sites is 1. The molecule has 3 heterocycles. The lowest BCUT2D eigenvalue weighted by atomic mass is 10.2. The molecule has 2 aromatic heterocycles. The zero-order valence-electron chi connectivity index (χ0n) is 19.2. The van der Waals surface area contributed by atoms with Gasteiger partial charge in [0.2, 0.25) is 0 Å². The molecular formula is C24H27ClN4O3S2. The fourth-order valence-electron chi connectivity index (χ4n) is 4.02. The molecule has 0 saturated carbocycles. The van der Waals surface area contributed by atoms with E-state index in [1.165, 1.54) is 22.7 Å². The highest BCUT2D eigenvalue weighted by atomic mass is 35.5. The summed E-state index contributed by atoms with van der Waals surface area (Å²) in [5, 5.41) is 1.18. The number of amides is 1. The van der Waals surface area contributed by atoms with Crippen LogP contribution in [-0.4, -0.2) is 67.3 Å². The second-order valence-corrected chi connectivity index (χ2v) is 10.0. The van der Waals surface area contributed by atoms with Crippen LogP contribution in [0.2, 0.25) is 0 Å². The van der Waals surface area contributed by atoms with Crippen LogP contribution in [0.5, 0.6) is 5.75 Å². The molecule has 0 radical (unpaired) electrons. The summed E-state index contributed by atoms with van der Waals surface area (Å²) in [5.41, 5.74) is 2.77. The Balaban J connectivity index is 0.00000274. The molecule has 10 heteroatoms. The van der Waals surface area contributed by atoms with Gasteiger partial charge in [-0.3, -0.25) is 14.6 Å². The standard InChI is InChI=1S/C24H26N4O3S2.ClH/c1-16-8-9-18(30-2)20-21(16)33-24(26-20)28(11-5-10-27-12-14-31-15-13-27)23(29)22-25-17-6-3-4-7-19(17)32-22;/h3-4,6-9H,5,10-15H2,1-2H3;1H. The number of benzene rings is 2. The van der Waals surface area contributed by atoms with E-state index in [1.54, 1.807) is 12.0 Å². The molecule has 0 bridgehead atoms. The first kappa shape index (κ1) is 24.8. The molecule has 0 N–H and O–H groups in total. The number of aromatic nitrogens is 2. The van der Waals surface area contributed by atoms with E-state index < -0.39 is 0 Å². The second-order valence-electron chi connectivity index (χ2n) is 8.01. The Morgan fingerprint density at radius 3 is 2.71 bits per heavy atom. The van der Waals surface area contributed by atoms with Crippen LogP contribution in [0.3, 0.4) is 0 Å². The van der Waals surface area contributed by atoms with Crippen molar-refractivity contribution in [1.29, 1.82) is 0 Å². The van der Waals surface area contributed by atoms with Gasteiger partial charge in [0.15, 0.2) is 10.1 Å². The first-order chi connectivity index (χ1) is 16.1. The van der Waals surface area contributed by atoms with Crippen molar-refractivity contribution in [2.24, 2.45) is 0 Å². The lowest BCUT2D eigenvalue weighted by molar-refractivity contribution is 0.0376. The smallest absolute Gasteiger partial charge is 0.289 e. The highest BCUT2D eigenvalue weighted by Gasteiger charge is 2.25. The molecule has 0 atom stereocenters. The molecule has 4 aromatic rings. The summed E-state index contributed by atoms with van der Waals surface area (Å²) >= 11 is 2.97. The minimum atomic E-state index is -0.103. The van der Waals surface area contributed by atoms with E-state index in [-0.39, 0.29) is 18.3 Å². The molecule has 0 unspecified atom stereocenters. The summed E-state index contributed by atoms with van der Waals surface area (Å²) in [6.07, 6.45) is 0.850. The lowest BCUT2D eigenvalue weighted by Gasteiger charge is -2.27. The number of anilines is 1. The third-order valence-corrected chi connectivity index (χ3v) is 8.06. The third-order valence-electron chi connectivity index (χ3n) is 5.82. The van der Waals surface area contributed by atoms with Crippen LogP contribution in [0.15, 0.2) is 36.4 Å². The number of nitrogens with zero attached hydrogens (tertiary/aromatic N) is 4. The van der Waals surface area contributed by atoms with Crippen molar-refractivity contribution >= 4 is 66.6 Å². The predicted molar refractivity (Wildman–Crippen MR) is 141 cm³/mol. The van der Waals surface area contributed by atoms with Crippen molar-refractivity contribution in [1.82, 2.24) is 14.9 Å². The lowest BCUT2D eigenvalue weighted by Crippen LogP contribution is -2.39. The molecule has 180 valence electrons. The summed E-state index contributed by atoms with van der Waals surface area (Å²) in [6, 6.07) is 11.8. The summed E-state index contributed by atoms with van der Waals surface area (Å²) < 4.78 is 13.0. The molecule has 0 aliphatic carbocycles. The number of fused-ring (bicyclic) bond motifs is 2. The molecule has 5 rings (SSSR count). The maximum absolute atomic E-state index is 13.7. The van der Waals surface area contributed by atoms with E-state index in [4.69, 9.17) is 14.5 Å². The Bertz CT molecular complexity index is 1250. The van der Waals surface area contributed by atoms with Gasteiger partial charge in [0.1, 0.15) is 11.3 Å². The van der Waals surface area contributed by atoms with Gasteiger partial charge >= 0.3 is 0 Å². The van der Waals surface area contributed by atoms with Gasteiger partial charge in [-0.15, -0.1) is 23.7 Å². The highest BCUT2D eigenvalue weighted by molar-refractivity contribution is 7.23. The zero-order valence-corrected chi connectivity index (χ0v) is 21.6. The monoisotopic (exact) mass is 518 g/mol. The number of rotatable bonds is 7. The van der Waals surface area contributed by atoms with E-state index in [0.29, 0.717) is 16.7 Å². The van der Waals surface area contributed by atoms with Gasteiger partial charge in [0.25, 0.3) is 5.91 Å². The molecule has 34 heavy (non-hydrogen) atoms. The van der Waals surface area contributed by atoms with Crippen LogP contribution < -0.4 is 9.64 Å². The summed E-state index contributed by atoms with van der Waals surface area (Å²) in [6.45, 7) is 6.96. The Labute approximate surface area is 212 Å². The molecule has 1 amide bonds. The average molecular weight is 519 g/mol. The Kier molecular flexibility index (Phi) is 8.00. The van der Waals surface area contributed by atoms with Crippen molar-refractivity contribution in [2.45, 2.75) is 13.3 Å². The number of thiazole rings is 2. The van der Waals surface area contributed by atoms with E-state index in [1.807, 2.05) is 36.4 Å². The fourth-order valence-corrected chi connectivity index (χ4v) is 6.01. The van der Waals surface area contributed by atoms with Gasteiger partial charge in [-0.25, -0.2) is 9.97 Å². The molecule has 0 spiro atoms. The van der Waals surface area contributed by atoms with Gasteiger partial charge in [-0.05, 0) is 37.1 Å². The van der Waals surface area contributed by atoms with Crippen LogP contribution in [0, 0.1) is 6.92 Å². The first-order valence-corrected chi connectivity index (χ1v) is 12.7. The maximum Gasteiger partial charge on any atom is 0.289 e. The Morgan fingerprint density at radius 1 is 1.15 bits per heavy atom. The maximum atomic E-state index is 13.7. The van der Waals surface area contributed by atoms with Crippen LogP contribution in [0.1, 0.15) is 21.8 Å². The van der Waals surface area contributed by atoms with E-state index in [9.17, 15) is 4.79 Å². The number of hydrogen-bond acceptors (Lipinski definition) is 8. The van der Waals surface area contributed by atoms with Gasteiger partial charge in [0.05, 0.1) is 35.2 Å². The van der Waals surface area contributed by atoms with Gasteiger partial charge in [-0.1, -0.05) is 29.5 Å². The molecule has 1 saturated heterocycles. The SMILES string of the molecule is COc1ccc(C)c2sc(N(CCCN3CCOCC3)C(=O)c3nc4ccccc4s3)nc12.Cl.